The molecule has 0 saturated carbocycles. The van der Waals surface area contributed by atoms with Gasteiger partial charge in [-0.15, -0.1) is 0 Å². The molecule has 0 radical (unpaired) electrons. The Bertz CT molecular complexity index is 611. The molecule has 5 nitrogen and oxygen atoms in total. The molecule has 2 aromatic rings. The maximum absolute atomic E-state index is 11.4. The van der Waals surface area contributed by atoms with Crippen LogP contribution in [0, 0.1) is 0 Å². The highest BCUT2D eigenvalue weighted by Crippen LogP contribution is 2.19. The number of rotatable bonds is 2. The Morgan fingerprint density at radius 1 is 1.31 bits per heavy atom. The Morgan fingerprint density at radius 2 is 2.06 bits per heavy atom. The first-order valence-corrected chi connectivity index (χ1v) is 4.53. The van der Waals surface area contributed by atoms with E-state index in [1.165, 1.54) is 24.3 Å². The second-order valence-electron chi connectivity index (χ2n) is 3.25. The first-order valence-electron chi connectivity index (χ1n) is 4.53. The van der Waals surface area contributed by atoms with E-state index >= 15 is 0 Å². The normalized spacial score (nSPS) is 10.6. The number of aliphatic hydroxyl groups excluding tert-OH is 1. The van der Waals surface area contributed by atoms with Crippen LogP contribution in [-0.2, 0) is 0 Å². The number of fused-ring (bicyclic) bond motifs is 1. The topological polar surface area (TPSA) is 87.7 Å². The molecule has 0 spiro atoms. The Labute approximate surface area is 89.6 Å². The summed E-state index contributed by atoms with van der Waals surface area (Å²) in [6, 6.07) is 5.54. The molecular formula is C11H8O5. The van der Waals surface area contributed by atoms with Crippen molar-refractivity contribution >= 4 is 16.8 Å². The molecule has 0 fully saturated rings. The van der Waals surface area contributed by atoms with Crippen LogP contribution in [0.3, 0.4) is 0 Å². The van der Waals surface area contributed by atoms with Gasteiger partial charge in [0.15, 0.2) is 5.78 Å². The van der Waals surface area contributed by atoms with Gasteiger partial charge < -0.3 is 14.6 Å². The molecule has 16 heavy (non-hydrogen) atoms. The van der Waals surface area contributed by atoms with E-state index in [0.29, 0.717) is 5.39 Å². The molecule has 0 atom stereocenters. The quantitative estimate of drug-likeness (QED) is 0.573. The third kappa shape index (κ3) is 1.68. The van der Waals surface area contributed by atoms with Gasteiger partial charge in [0.05, 0.1) is 0 Å². The number of phenolic OH excluding ortho intramolecular Hbond substituents is 1. The summed E-state index contributed by atoms with van der Waals surface area (Å²) in [7, 11) is 0. The number of aliphatic hydroxyl groups is 1. The first kappa shape index (κ1) is 10.4. The number of Topliss-reactive ketones (excluding diaryl/α,β-unsaturated/α-hetero) is 1. The van der Waals surface area contributed by atoms with Crippen LogP contribution in [0.25, 0.3) is 11.0 Å². The minimum atomic E-state index is -0.822. The molecule has 1 aromatic carbocycles. The molecule has 1 aromatic heterocycles. The van der Waals surface area contributed by atoms with Gasteiger partial charge in [-0.05, 0) is 18.2 Å². The fourth-order valence-electron chi connectivity index (χ4n) is 1.38. The lowest BCUT2D eigenvalue weighted by molar-refractivity contribution is 0.0900. The maximum atomic E-state index is 11.4. The summed E-state index contributed by atoms with van der Waals surface area (Å²) in [5.74, 6) is -0.722. The Morgan fingerprint density at radius 3 is 2.75 bits per heavy atom. The van der Waals surface area contributed by atoms with Gasteiger partial charge in [-0.1, -0.05) is 0 Å². The van der Waals surface area contributed by atoms with Crippen LogP contribution in [-0.4, -0.2) is 22.6 Å². The van der Waals surface area contributed by atoms with Crippen LogP contribution in [0.1, 0.15) is 10.4 Å². The summed E-state index contributed by atoms with van der Waals surface area (Å²) < 4.78 is 4.85. The third-order valence-electron chi connectivity index (χ3n) is 2.16. The first-order chi connectivity index (χ1) is 7.61. The number of hydrogen-bond acceptors (Lipinski definition) is 5. The smallest absolute Gasteiger partial charge is 0.347 e. The van der Waals surface area contributed by atoms with Crippen molar-refractivity contribution in [2.45, 2.75) is 0 Å². The third-order valence-corrected chi connectivity index (χ3v) is 2.16. The molecule has 0 saturated heterocycles. The van der Waals surface area contributed by atoms with E-state index in [1.54, 1.807) is 0 Å². The van der Waals surface area contributed by atoms with Gasteiger partial charge in [0.2, 0.25) is 0 Å². The van der Waals surface area contributed by atoms with E-state index in [0.717, 1.165) is 0 Å². The van der Waals surface area contributed by atoms with Crippen LogP contribution in [0.15, 0.2) is 33.5 Å². The van der Waals surface area contributed by atoms with Gasteiger partial charge >= 0.3 is 5.63 Å². The zero-order valence-electron chi connectivity index (χ0n) is 8.14. The molecule has 2 N–H and O–H groups in total. The average Bonchev–Trinajstić information content (AvgIpc) is 2.27. The molecular weight excluding hydrogens is 212 g/mol. The monoisotopic (exact) mass is 220 g/mol. The molecule has 0 bridgehead atoms. The lowest BCUT2D eigenvalue weighted by atomic mass is 10.1. The fraction of sp³-hybridized carbons (Fsp3) is 0.0909. The Balaban J connectivity index is 2.72. The predicted octanol–water partition coefficient (Wildman–Crippen LogP) is 0.674. The Kier molecular flexibility index (Phi) is 2.46. The summed E-state index contributed by atoms with van der Waals surface area (Å²) in [5.41, 5.74) is -0.822. The van der Waals surface area contributed by atoms with Gasteiger partial charge in [0.25, 0.3) is 0 Å². The standard InChI is InChI=1S/C11H8O5/c12-5-9(14)8-3-6-1-2-7(13)4-10(6)16-11(8)15/h1-4,12-13H,5H2. The van der Waals surface area contributed by atoms with E-state index in [4.69, 9.17) is 9.52 Å². The highest BCUT2D eigenvalue weighted by Gasteiger charge is 2.12. The van der Waals surface area contributed by atoms with Crippen molar-refractivity contribution in [1.29, 1.82) is 0 Å². The van der Waals surface area contributed by atoms with E-state index in [1.807, 2.05) is 0 Å². The van der Waals surface area contributed by atoms with Crippen LogP contribution < -0.4 is 5.63 Å². The fourth-order valence-corrected chi connectivity index (χ4v) is 1.38. The van der Waals surface area contributed by atoms with Crippen LogP contribution in [0.4, 0.5) is 0 Å². The molecule has 0 aliphatic carbocycles. The number of phenols is 1. The summed E-state index contributed by atoms with van der Waals surface area (Å²) in [6.45, 7) is -0.742. The van der Waals surface area contributed by atoms with Crippen molar-refractivity contribution in [3.63, 3.8) is 0 Å². The van der Waals surface area contributed by atoms with Gasteiger partial charge in [0, 0.05) is 11.5 Å². The van der Waals surface area contributed by atoms with Gasteiger partial charge in [0.1, 0.15) is 23.5 Å². The molecule has 0 aliphatic heterocycles. The number of carbonyl (C=O) groups excluding carboxylic acids is 1. The average molecular weight is 220 g/mol. The van der Waals surface area contributed by atoms with E-state index < -0.39 is 18.0 Å². The summed E-state index contributed by atoms with van der Waals surface area (Å²) in [4.78, 5) is 22.6. The second-order valence-corrected chi connectivity index (χ2v) is 3.25. The minimum absolute atomic E-state index is 0.0307. The zero-order chi connectivity index (χ0) is 11.7. The summed E-state index contributed by atoms with van der Waals surface area (Å²) in [6.07, 6.45) is 0. The maximum Gasteiger partial charge on any atom is 0.347 e. The van der Waals surface area contributed by atoms with Crippen molar-refractivity contribution in [1.82, 2.24) is 0 Å². The number of ketones is 1. The molecule has 0 aliphatic rings. The van der Waals surface area contributed by atoms with Crippen molar-refractivity contribution in [2.24, 2.45) is 0 Å². The van der Waals surface area contributed by atoms with Gasteiger partial charge in [-0.2, -0.15) is 0 Å². The number of hydrogen-bond donors (Lipinski definition) is 2. The summed E-state index contributed by atoms with van der Waals surface area (Å²) >= 11 is 0. The van der Waals surface area contributed by atoms with Gasteiger partial charge in [-0.3, -0.25) is 4.79 Å². The highest BCUT2D eigenvalue weighted by molar-refractivity contribution is 5.98. The van der Waals surface area contributed by atoms with Gasteiger partial charge in [-0.25, -0.2) is 4.79 Å². The molecule has 5 heteroatoms. The van der Waals surface area contributed by atoms with E-state index in [2.05, 4.69) is 0 Å². The SMILES string of the molecule is O=C(CO)c1cc2ccc(O)cc2oc1=O. The Hall–Kier alpha value is -2.14. The largest absolute Gasteiger partial charge is 0.508 e. The lowest BCUT2D eigenvalue weighted by Gasteiger charge is -2.00. The van der Waals surface area contributed by atoms with Crippen molar-refractivity contribution in [2.75, 3.05) is 6.61 Å². The molecule has 82 valence electrons. The molecule has 1 heterocycles. The minimum Gasteiger partial charge on any atom is -0.508 e. The van der Waals surface area contributed by atoms with E-state index in [-0.39, 0.29) is 16.9 Å². The van der Waals surface area contributed by atoms with Crippen LogP contribution >= 0.6 is 0 Å². The molecule has 2 rings (SSSR count). The van der Waals surface area contributed by atoms with Crippen molar-refractivity contribution in [3.8, 4) is 5.75 Å². The second kappa shape index (κ2) is 3.79. The zero-order valence-corrected chi connectivity index (χ0v) is 8.14. The van der Waals surface area contributed by atoms with Crippen LogP contribution in [0.2, 0.25) is 0 Å². The molecule has 0 amide bonds. The van der Waals surface area contributed by atoms with Crippen LogP contribution in [0.5, 0.6) is 5.75 Å². The molecule has 0 unspecified atom stereocenters. The predicted molar refractivity (Wildman–Crippen MR) is 55.6 cm³/mol. The van der Waals surface area contributed by atoms with Crippen molar-refractivity contribution in [3.05, 3.63) is 40.2 Å². The number of aromatic hydroxyl groups is 1. The number of carbonyl (C=O) groups is 1. The number of benzene rings is 1. The van der Waals surface area contributed by atoms with E-state index in [9.17, 15) is 14.7 Å². The highest BCUT2D eigenvalue weighted by atomic mass is 16.4. The lowest BCUT2D eigenvalue weighted by Crippen LogP contribution is -2.16. The van der Waals surface area contributed by atoms with Crippen molar-refractivity contribution < 1.29 is 19.4 Å². The summed E-state index contributed by atoms with van der Waals surface area (Å²) in [5, 5.41) is 18.3.